The maximum Gasteiger partial charge on any atom is 0.254 e. The van der Waals surface area contributed by atoms with Gasteiger partial charge in [0.2, 0.25) is 10.0 Å². The molecule has 1 fully saturated rings. The van der Waals surface area contributed by atoms with Crippen molar-refractivity contribution in [3.05, 3.63) is 59.4 Å². The highest BCUT2D eigenvalue weighted by atomic mass is 32.2. The van der Waals surface area contributed by atoms with Crippen LogP contribution in [0.1, 0.15) is 40.5 Å². The summed E-state index contributed by atoms with van der Waals surface area (Å²) < 4.78 is 26.6. The average molecular weight is 413 g/mol. The molecule has 29 heavy (non-hydrogen) atoms. The Kier molecular flexibility index (Phi) is 5.14. The lowest BCUT2D eigenvalue weighted by molar-refractivity contribution is 0.0704. The molecule has 2 N–H and O–H groups in total. The minimum atomic E-state index is -3.61. The first-order chi connectivity index (χ1) is 13.9. The van der Waals surface area contributed by atoms with Crippen molar-refractivity contribution in [3.8, 4) is 0 Å². The predicted molar refractivity (Wildman–Crippen MR) is 111 cm³/mol. The molecule has 2 aromatic carbocycles. The van der Waals surface area contributed by atoms with Gasteiger partial charge in [0.15, 0.2) is 0 Å². The number of hydrogen-bond donors (Lipinski definition) is 2. The number of amides is 1. The van der Waals surface area contributed by atoms with Crippen LogP contribution in [0, 0.1) is 6.92 Å². The lowest BCUT2D eigenvalue weighted by Gasteiger charge is -2.32. The van der Waals surface area contributed by atoms with Crippen molar-refractivity contribution in [1.82, 2.24) is 19.6 Å². The van der Waals surface area contributed by atoms with Crippen LogP contribution in [0.15, 0.2) is 47.4 Å². The molecule has 7 nitrogen and oxygen atoms in total. The number of aromatic nitrogens is 2. The Morgan fingerprint density at radius 1 is 1.24 bits per heavy atom. The fourth-order valence-electron chi connectivity index (χ4n) is 3.84. The maximum atomic E-state index is 13.2. The number of nitrogens with one attached hydrogen (secondary N) is 2. The van der Waals surface area contributed by atoms with Crippen LogP contribution >= 0.6 is 0 Å². The minimum absolute atomic E-state index is 0.0970. The minimum Gasteiger partial charge on any atom is -0.342 e. The van der Waals surface area contributed by atoms with Crippen LogP contribution in [-0.2, 0) is 10.0 Å². The van der Waals surface area contributed by atoms with Crippen LogP contribution in [0.3, 0.4) is 0 Å². The molecule has 152 valence electrons. The van der Waals surface area contributed by atoms with E-state index in [-0.39, 0.29) is 16.7 Å². The summed E-state index contributed by atoms with van der Waals surface area (Å²) >= 11 is 0. The number of rotatable bonds is 4. The van der Waals surface area contributed by atoms with Crippen molar-refractivity contribution >= 4 is 27.0 Å². The second-order valence-electron chi connectivity index (χ2n) is 7.41. The van der Waals surface area contributed by atoms with E-state index in [1.807, 2.05) is 31.2 Å². The molecule has 0 saturated carbocycles. The molecule has 1 aromatic heterocycles. The molecular formula is C21H24N4O3S. The summed E-state index contributed by atoms with van der Waals surface area (Å²) in [6, 6.07) is 12.6. The number of benzene rings is 2. The third-order valence-electron chi connectivity index (χ3n) is 5.52. The largest absolute Gasteiger partial charge is 0.342 e. The van der Waals surface area contributed by atoms with Crippen molar-refractivity contribution in [2.45, 2.75) is 30.6 Å². The number of carbonyl (C=O) groups is 1. The van der Waals surface area contributed by atoms with E-state index in [1.54, 1.807) is 11.0 Å². The predicted octanol–water partition coefficient (Wildman–Crippen LogP) is 2.80. The molecule has 0 aliphatic carbocycles. The molecule has 1 saturated heterocycles. The molecule has 1 amide bonds. The number of likely N-dealkylation sites (tertiary alicyclic amines) is 1. The number of piperidine rings is 1. The third-order valence-corrected chi connectivity index (χ3v) is 6.93. The Labute approximate surface area is 170 Å². The fourth-order valence-corrected chi connectivity index (χ4v) is 4.59. The highest BCUT2D eigenvalue weighted by molar-refractivity contribution is 7.89. The van der Waals surface area contributed by atoms with Crippen molar-refractivity contribution in [1.29, 1.82) is 0 Å². The number of fused-ring (bicyclic) bond motifs is 1. The van der Waals surface area contributed by atoms with Gasteiger partial charge in [-0.05, 0) is 56.6 Å². The normalized spacial score (nSPS) is 17.6. The second kappa shape index (κ2) is 7.61. The van der Waals surface area contributed by atoms with Crippen molar-refractivity contribution in [3.63, 3.8) is 0 Å². The SMILES string of the molecule is CNS(=O)(=O)c1ccc(C)c(C(=O)N2CCC[C@@H](c3nc4ccccc4[nH]3)C2)c1. The molecule has 2 heterocycles. The monoisotopic (exact) mass is 412 g/mol. The van der Waals surface area contributed by atoms with E-state index in [1.165, 1.54) is 19.2 Å². The summed E-state index contributed by atoms with van der Waals surface area (Å²) in [6.07, 6.45) is 1.83. The van der Waals surface area contributed by atoms with E-state index in [9.17, 15) is 13.2 Å². The number of carbonyl (C=O) groups excluding carboxylic acids is 1. The zero-order chi connectivity index (χ0) is 20.6. The zero-order valence-electron chi connectivity index (χ0n) is 16.5. The number of sulfonamides is 1. The van der Waals surface area contributed by atoms with Crippen LogP contribution in [0.4, 0.5) is 0 Å². The summed E-state index contributed by atoms with van der Waals surface area (Å²) in [4.78, 5) is 23.2. The third kappa shape index (κ3) is 3.77. The summed E-state index contributed by atoms with van der Waals surface area (Å²) in [5.74, 6) is 0.882. The van der Waals surface area contributed by atoms with Crippen LogP contribution in [-0.4, -0.2) is 49.3 Å². The molecular weight excluding hydrogens is 388 g/mol. The average Bonchev–Trinajstić information content (AvgIpc) is 3.18. The molecule has 0 radical (unpaired) electrons. The Morgan fingerprint density at radius 3 is 2.79 bits per heavy atom. The van der Waals surface area contributed by atoms with Crippen molar-refractivity contribution < 1.29 is 13.2 Å². The van der Waals surface area contributed by atoms with Crippen LogP contribution in [0.5, 0.6) is 0 Å². The number of aromatic amines is 1. The highest BCUT2D eigenvalue weighted by Crippen LogP contribution is 2.28. The van der Waals surface area contributed by atoms with Gasteiger partial charge in [0.1, 0.15) is 5.82 Å². The van der Waals surface area contributed by atoms with Gasteiger partial charge < -0.3 is 9.88 Å². The molecule has 4 rings (SSSR count). The fraction of sp³-hybridized carbons (Fsp3) is 0.333. The maximum absolute atomic E-state index is 13.2. The Balaban J connectivity index is 1.60. The van der Waals surface area contributed by atoms with Crippen LogP contribution in [0.25, 0.3) is 11.0 Å². The van der Waals surface area contributed by atoms with Gasteiger partial charge in [-0.15, -0.1) is 0 Å². The van der Waals surface area contributed by atoms with E-state index >= 15 is 0 Å². The van der Waals surface area contributed by atoms with Crippen LogP contribution < -0.4 is 4.72 Å². The van der Waals surface area contributed by atoms with E-state index in [2.05, 4.69) is 9.71 Å². The molecule has 1 atom stereocenters. The van der Waals surface area contributed by atoms with Gasteiger partial charge in [0.25, 0.3) is 5.91 Å². The molecule has 0 unspecified atom stereocenters. The van der Waals surface area contributed by atoms with E-state index in [0.29, 0.717) is 18.7 Å². The Hall–Kier alpha value is -2.71. The Bertz CT molecular complexity index is 1140. The number of para-hydroxylation sites is 2. The van der Waals surface area contributed by atoms with Gasteiger partial charge in [-0.25, -0.2) is 18.1 Å². The second-order valence-corrected chi connectivity index (χ2v) is 9.30. The Morgan fingerprint density at radius 2 is 2.03 bits per heavy atom. The topological polar surface area (TPSA) is 95.2 Å². The first-order valence-corrected chi connectivity index (χ1v) is 11.2. The molecule has 1 aliphatic rings. The zero-order valence-corrected chi connectivity index (χ0v) is 17.3. The molecule has 3 aromatic rings. The summed E-state index contributed by atoms with van der Waals surface area (Å²) in [5, 5.41) is 0. The summed E-state index contributed by atoms with van der Waals surface area (Å²) in [6.45, 7) is 3.03. The first kappa shape index (κ1) is 19.6. The first-order valence-electron chi connectivity index (χ1n) is 9.67. The number of imidazole rings is 1. The standard InChI is InChI=1S/C21H24N4O3S/c1-14-9-10-16(29(27,28)22-2)12-17(14)21(26)25-11-5-6-15(13-25)20-23-18-7-3-4-8-19(18)24-20/h3-4,7-10,12,15,22H,5-6,11,13H2,1-2H3,(H,23,24)/t15-/m1/s1. The van der Waals surface area contributed by atoms with Gasteiger partial charge in [-0.1, -0.05) is 18.2 Å². The molecule has 0 spiro atoms. The molecule has 0 bridgehead atoms. The van der Waals surface area contributed by atoms with Crippen molar-refractivity contribution in [2.24, 2.45) is 0 Å². The number of aryl methyl sites for hydroxylation is 1. The lowest BCUT2D eigenvalue weighted by Crippen LogP contribution is -2.39. The summed E-state index contributed by atoms with van der Waals surface area (Å²) in [5.41, 5.74) is 3.10. The lowest BCUT2D eigenvalue weighted by atomic mass is 9.96. The van der Waals surface area contributed by atoms with Gasteiger partial charge >= 0.3 is 0 Å². The molecule has 1 aliphatic heterocycles. The quantitative estimate of drug-likeness (QED) is 0.689. The molecule has 8 heteroatoms. The van der Waals surface area contributed by atoms with E-state index in [0.717, 1.165) is 35.3 Å². The van der Waals surface area contributed by atoms with Gasteiger partial charge in [-0.2, -0.15) is 0 Å². The van der Waals surface area contributed by atoms with Gasteiger partial charge in [-0.3, -0.25) is 4.79 Å². The number of hydrogen-bond acceptors (Lipinski definition) is 4. The number of H-pyrrole nitrogens is 1. The number of nitrogens with zero attached hydrogens (tertiary/aromatic N) is 2. The smallest absolute Gasteiger partial charge is 0.254 e. The van der Waals surface area contributed by atoms with Crippen LogP contribution in [0.2, 0.25) is 0 Å². The van der Waals surface area contributed by atoms with Crippen molar-refractivity contribution in [2.75, 3.05) is 20.1 Å². The van der Waals surface area contributed by atoms with Gasteiger partial charge in [0, 0.05) is 24.6 Å². The van der Waals surface area contributed by atoms with E-state index < -0.39 is 10.0 Å². The van der Waals surface area contributed by atoms with E-state index in [4.69, 9.17) is 4.98 Å². The highest BCUT2D eigenvalue weighted by Gasteiger charge is 2.28. The summed E-state index contributed by atoms with van der Waals surface area (Å²) in [7, 11) is -2.25. The van der Waals surface area contributed by atoms with Gasteiger partial charge in [0.05, 0.1) is 15.9 Å².